The molecule has 0 saturated carbocycles. The molecule has 0 spiro atoms. The van der Waals surface area contributed by atoms with E-state index in [1.54, 1.807) is 37.2 Å². The fourth-order valence-corrected chi connectivity index (χ4v) is 2.07. The van der Waals surface area contributed by atoms with Crippen LogP contribution < -0.4 is 0 Å². The van der Waals surface area contributed by atoms with Crippen molar-refractivity contribution in [2.45, 2.75) is 120 Å². The molecule has 3 heterocycles. The number of aromatic nitrogens is 6. The van der Waals surface area contributed by atoms with Crippen LogP contribution in [0.5, 0.6) is 0 Å². The minimum Gasteiger partial charge on any atom is -0.261 e. The average molecular weight is 499 g/mol. The van der Waals surface area contributed by atoms with Crippen molar-refractivity contribution >= 4 is 0 Å². The summed E-state index contributed by atoms with van der Waals surface area (Å²) >= 11 is 0. The molecule has 3 aromatic rings. The summed E-state index contributed by atoms with van der Waals surface area (Å²) in [4.78, 5) is 16.5. The molecule has 36 heavy (non-hydrogen) atoms. The molecule has 0 fully saturated rings. The van der Waals surface area contributed by atoms with Gasteiger partial charge < -0.3 is 0 Å². The Labute approximate surface area is 222 Å². The summed E-state index contributed by atoms with van der Waals surface area (Å²) in [6.45, 7) is 31.0. The molecule has 0 aliphatic heterocycles. The molecule has 0 bridgehead atoms. The first-order chi connectivity index (χ1) is 16.8. The molecule has 0 radical (unpaired) electrons. The quantitative estimate of drug-likeness (QED) is 0.309. The van der Waals surface area contributed by atoms with E-state index in [0.29, 0.717) is 0 Å². The number of hydrogen-bond acceptors (Lipinski definition) is 6. The van der Waals surface area contributed by atoms with E-state index in [9.17, 15) is 0 Å². The fourth-order valence-electron chi connectivity index (χ4n) is 2.07. The lowest BCUT2D eigenvalue weighted by molar-refractivity contribution is 0.545. The van der Waals surface area contributed by atoms with Crippen molar-refractivity contribution in [3.05, 3.63) is 72.6 Å². The largest absolute Gasteiger partial charge is 0.261 e. The van der Waals surface area contributed by atoms with Gasteiger partial charge in [-0.2, -0.15) is 10.2 Å². The Bertz CT molecular complexity index is 714. The Balaban J connectivity index is -0.000000410. The molecule has 0 aliphatic carbocycles. The van der Waals surface area contributed by atoms with Gasteiger partial charge in [0.2, 0.25) is 0 Å². The third-order valence-corrected chi connectivity index (χ3v) is 3.91. The van der Waals surface area contributed by atoms with Gasteiger partial charge in [0, 0.05) is 53.4 Å². The van der Waals surface area contributed by atoms with Crippen molar-refractivity contribution in [2.24, 2.45) is 0 Å². The highest BCUT2D eigenvalue weighted by molar-refractivity contribution is 5.09. The third kappa shape index (κ3) is 18.6. The van der Waals surface area contributed by atoms with E-state index in [2.05, 4.69) is 92.4 Å². The van der Waals surface area contributed by atoms with E-state index >= 15 is 0 Å². The highest BCUT2D eigenvalue weighted by Gasteiger charge is 2.16. The standard InChI is InChI=1S/3C8H12N2.3C2H6/c1-8(2,3)7-6-9-4-5-10-7;1-8(2,3)7-9-5-4-6-10-7;1-8(2,3)7-5-4-6-9-10-7;3*1-2/h3*4-6H,1-3H3;3*1-2H3. The van der Waals surface area contributed by atoms with E-state index in [4.69, 9.17) is 0 Å². The van der Waals surface area contributed by atoms with Crippen LogP contribution in [0.2, 0.25) is 0 Å². The minimum absolute atomic E-state index is 0.0707. The SMILES string of the molecule is CC.CC.CC.CC(C)(C)c1cccnn1.CC(C)(C)c1cnccn1.CC(C)(C)c1ncccn1. The molecule has 3 aromatic heterocycles. The zero-order valence-corrected chi connectivity index (χ0v) is 25.9. The molecule has 3 rings (SSSR count). The lowest BCUT2D eigenvalue weighted by Crippen LogP contribution is -2.14. The molecule has 0 atom stereocenters. The lowest BCUT2D eigenvalue weighted by atomic mass is 9.92. The Morgan fingerprint density at radius 3 is 1.25 bits per heavy atom. The molecule has 0 N–H and O–H groups in total. The summed E-state index contributed by atoms with van der Waals surface area (Å²) in [5.74, 6) is 0.898. The Morgan fingerprint density at radius 2 is 1.00 bits per heavy atom. The van der Waals surface area contributed by atoms with Gasteiger partial charge in [0.05, 0.1) is 11.4 Å². The zero-order chi connectivity index (χ0) is 28.8. The van der Waals surface area contributed by atoms with Crippen molar-refractivity contribution in [1.29, 1.82) is 0 Å². The average Bonchev–Trinajstić information content (AvgIpc) is 2.89. The highest BCUT2D eigenvalue weighted by atomic mass is 15.1. The molecule has 0 saturated heterocycles. The van der Waals surface area contributed by atoms with Crippen molar-refractivity contribution in [3.8, 4) is 0 Å². The molecule has 0 amide bonds. The normalized spacial score (nSPS) is 10.1. The van der Waals surface area contributed by atoms with Crippen LogP contribution in [-0.4, -0.2) is 30.1 Å². The number of rotatable bonds is 0. The summed E-state index contributed by atoms with van der Waals surface area (Å²) < 4.78 is 0. The molecule has 0 unspecified atom stereocenters. The molecular weight excluding hydrogens is 444 g/mol. The first kappa shape index (κ1) is 37.8. The Morgan fingerprint density at radius 1 is 0.500 bits per heavy atom. The van der Waals surface area contributed by atoms with Crippen LogP contribution in [0.15, 0.2) is 55.4 Å². The van der Waals surface area contributed by atoms with Crippen molar-refractivity contribution in [2.75, 3.05) is 0 Å². The van der Waals surface area contributed by atoms with Gasteiger partial charge in [0.25, 0.3) is 0 Å². The van der Waals surface area contributed by atoms with Crippen LogP contribution in [-0.2, 0) is 16.2 Å². The second kappa shape index (κ2) is 20.4. The molecular formula is C30H54N6. The maximum Gasteiger partial charge on any atom is 0.133 e. The number of nitrogens with zero attached hydrogens (tertiary/aromatic N) is 6. The molecule has 6 nitrogen and oxygen atoms in total. The second-order valence-corrected chi connectivity index (χ2v) is 10.0. The van der Waals surface area contributed by atoms with Gasteiger partial charge in [-0.3, -0.25) is 9.97 Å². The fraction of sp³-hybridized carbons (Fsp3) is 0.600. The minimum atomic E-state index is 0.0707. The van der Waals surface area contributed by atoms with Crippen LogP contribution >= 0.6 is 0 Å². The number of hydrogen-bond donors (Lipinski definition) is 0. The van der Waals surface area contributed by atoms with Crippen LogP contribution in [0, 0.1) is 0 Å². The zero-order valence-electron chi connectivity index (χ0n) is 25.9. The predicted octanol–water partition coefficient (Wildman–Crippen LogP) is 8.40. The second-order valence-electron chi connectivity index (χ2n) is 10.0. The summed E-state index contributed by atoms with van der Waals surface area (Å²) in [5.41, 5.74) is 2.38. The van der Waals surface area contributed by atoms with Crippen LogP contribution in [0.3, 0.4) is 0 Å². The first-order valence-corrected chi connectivity index (χ1v) is 13.1. The lowest BCUT2D eigenvalue weighted by Gasteiger charge is -2.15. The van der Waals surface area contributed by atoms with Crippen LogP contribution in [0.4, 0.5) is 0 Å². The van der Waals surface area contributed by atoms with E-state index in [0.717, 1.165) is 17.2 Å². The van der Waals surface area contributed by atoms with Gasteiger partial charge in [-0.15, -0.1) is 0 Å². The van der Waals surface area contributed by atoms with Gasteiger partial charge >= 0.3 is 0 Å². The molecule has 0 aromatic carbocycles. The topological polar surface area (TPSA) is 77.3 Å². The van der Waals surface area contributed by atoms with Crippen LogP contribution in [0.25, 0.3) is 0 Å². The van der Waals surface area contributed by atoms with Crippen molar-refractivity contribution in [1.82, 2.24) is 30.1 Å². The van der Waals surface area contributed by atoms with Gasteiger partial charge in [0.15, 0.2) is 0 Å². The molecule has 204 valence electrons. The first-order valence-electron chi connectivity index (χ1n) is 13.1. The smallest absolute Gasteiger partial charge is 0.133 e. The maximum absolute atomic E-state index is 4.19. The van der Waals surface area contributed by atoms with Crippen molar-refractivity contribution < 1.29 is 0 Å². The van der Waals surface area contributed by atoms with E-state index in [1.165, 1.54) is 0 Å². The summed E-state index contributed by atoms with van der Waals surface area (Å²) in [5, 5.41) is 7.80. The third-order valence-electron chi connectivity index (χ3n) is 3.91. The van der Waals surface area contributed by atoms with Crippen molar-refractivity contribution in [3.63, 3.8) is 0 Å². The maximum atomic E-state index is 4.19. The monoisotopic (exact) mass is 498 g/mol. The highest BCUT2D eigenvalue weighted by Crippen LogP contribution is 2.18. The Hall–Kier alpha value is -2.76. The van der Waals surface area contributed by atoms with E-state index in [1.807, 2.05) is 59.7 Å². The summed E-state index contributed by atoms with van der Waals surface area (Å²) in [7, 11) is 0. The van der Waals surface area contributed by atoms with Gasteiger partial charge in [-0.05, 0) is 18.2 Å². The summed E-state index contributed by atoms with van der Waals surface area (Å²) in [6, 6.07) is 5.73. The summed E-state index contributed by atoms with van der Waals surface area (Å²) in [6.07, 6.45) is 10.5. The van der Waals surface area contributed by atoms with Gasteiger partial charge in [0.1, 0.15) is 5.82 Å². The van der Waals surface area contributed by atoms with Crippen LogP contribution in [0.1, 0.15) is 121 Å². The molecule has 6 heteroatoms. The van der Waals surface area contributed by atoms with E-state index in [-0.39, 0.29) is 16.2 Å². The predicted molar refractivity (Wildman–Crippen MR) is 156 cm³/mol. The van der Waals surface area contributed by atoms with Gasteiger partial charge in [-0.1, -0.05) is 104 Å². The molecule has 0 aliphatic rings. The van der Waals surface area contributed by atoms with E-state index < -0.39 is 0 Å². The Kier molecular flexibility index (Phi) is 21.4. The van der Waals surface area contributed by atoms with Gasteiger partial charge in [-0.25, -0.2) is 9.97 Å².